The van der Waals surface area contributed by atoms with Gasteiger partial charge in [-0.2, -0.15) is 12.7 Å². The molecule has 1 aliphatic heterocycles. The molecule has 0 saturated heterocycles. The Morgan fingerprint density at radius 3 is 2.55 bits per heavy atom. The number of alkyl halides is 1. The standard InChI is InChI=1S/C25H26F3N5O4S/c1-37-23-12-17(15-3-5-18(26)20(28)11-15)19(27)13-22(23)33-21-7-10-32(14-16(21)4-6-24(33)34)38(35,36)31-25-29-8-2-9-30-25/h2-6,8-9,11,17,19,22-23H,7,10,12-14H2,1H3,(H,29,30,31)/t17-,19?,22+,23?/m0/s1. The molecule has 0 radical (unpaired) electrons. The van der Waals surface area contributed by atoms with Crippen molar-refractivity contribution in [2.45, 2.75) is 50.0 Å². The van der Waals surface area contributed by atoms with Crippen LogP contribution >= 0.6 is 0 Å². The number of hydrogen-bond donors (Lipinski definition) is 1. The molecular formula is C25H26F3N5O4S. The van der Waals surface area contributed by atoms with Crippen molar-refractivity contribution in [1.29, 1.82) is 0 Å². The summed E-state index contributed by atoms with van der Waals surface area (Å²) >= 11 is 0. The highest BCUT2D eigenvalue weighted by molar-refractivity contribution is 7.90. The fraction of sp³-hybridized carbons (Fsp3) is 0.400. The number of fused-ring (bicyclic) bond motifs is 1. The fourth-order valence-corrected chi connectivity index (χ4v) is 6.48. The van der Waals surface area contributed by atoms with Crippen molar-refractivity contribution in [3.63, 3.8) is 0 Å². The van der Waals surface area contributed by atoms with Crippen molar-refractivity contribution >= 4 is 16.2 Å². The van der Waals surface area contributed by atoms with Crippen molar-refractivity contribution in [2.75, 3.05) is 18.4 Å². The Morgan fingerprint density at radius 1 is 1.08 bits per heavy atom. The Kier molecular flexibility index (Phi) is 7.25. The molecule has 38 heavy (non-hydrogen) atoms. The monoisotopic (exact) mass is 549 g/mol. The number of pyridine rings is 1. The molecule has 1 saturated carbocycles. The van der Waals surface area contributed by atoms with Gasteiger partial charge in [0.15, 0.2) is 11.6 Å². The normalized spacial score (nSPS) is 24.1. The number of benzene rings is 1. The quantitative estimate of drug-likeness (QED) is 0.507. The molecule has 0 spiro atoms. The average molecular weight is 550 g/mol. The van der Waals surface area contributed by atoms with Crippen LogP contribution in [0.3, 0.4) is 0 Å². The van der Waals surface area contributed by atoms with Gasteiger partial charge in [-0.25, -0.2) is 27.9 Å². The summed E-state index contributed by atoms with van der Waals surface area (Å²) in [6.45, 7) is 0.0816. The summed E-state index contributed by atoms with van der Waals surface area (Å²) in [6.07, 6.45) is 1.12. The van der Waals surface area contributed by atoms with Crippen LogP contribution in [0.15, 0.2) is 53.6 Å². The third kappa shape index (κ3) is 5.05. The van der Waals surface area contributed by atoms with Gasteiger partial charge in [0, 0.05) is 63.1 Å². The number of nitrogens with zero attached hydrogens (tertiary/aromatic N) is 4. The van der Waals surface area contributed by atoms with E-state index in [0.717, 1.165) is 12.1 Å². The molecule has 0 amide bonds. The van der Waals surface area contributed by atoms with Crippen LogP contribution in [0.4, 0.5) is 19.1 Å². The van der Waals surface area contributed by atoms with Crippen LogP contribution in [0, 0.1) is 11.6 Å². The van der Waals surface area contributed by atoms with Gasteiger partial charge in [0.1, 0.15) is 6.17 Å². The highest BCUT2D eigenvalue weighted by Crippen LogP contribution is 2.42. The summed E-state index contributed by atoms with van der Waals surface area (Å²) in [5.74, 6) is -2.84. The molecule has 1 N–H and O–H groups in total. The average Bonchev–Trinajstić information content (AvgIpc) is 2.90. The first-order chi connectivity index (χ1) is 18.2. The van der Waals surface area contributed by atoms with E-state index in [1.807, 2.05) is 0 Å². The third-order valence-electron chi connectivity index (χ3n) is 7.22. The van der Waals surface area contributed by atoms with E-state index in [2.05, 4.69) is 14.7 Å². The molecule has 1 fully saturated rings. The van der Waals surface area contributed by atoms with Crippen LogP contribution in [-0.2, 0) is 27.9 Å². The molecule has 2 unspecified atom stereocenters. The topological polar surface area (TPSA) is 106 Å². The summed E-state index contributed by atoms with van der Waals surface area (Å²) in [4.78, 5) is 20.8. The number of hydrogen-bond acceptors (Lipinski definition) is 6. The maximum absolute atomic E-state index is 15.5. The van der Waals surface area contributed by atoms with Crippen molar-refractivity contribution in [2.24, 2.45) is 0 Å². The molecule has 202 valence electrons. The van der Waals surface area contributed by atoms with Crippen LogP contribution in [0.25, 0.3) is 0 Å². The molecule has 13 heteroatoms. The van der Waals surface area contributed by atoms with Crippen molar-refractivity contribution in [3.8, 4) is 0 Å². The second kappa shape index (κ2) is 10.5. The van der Waals surface area contributed by atoms with E-state index >= 15 is 4.39 Å². The van der Waals surface area contributed by atoms with E-state index in [-0.39, 0.29) is 43.9 Å². The molecule has 2 aromatic heterocycles. The minimum absolute atomic E-state index is 0.00131. The highest BCUT2D eigenvalue weighted by atomic mass is 32.2. The van der Waals surface area contributed by atoms with Gasteiger partial charge in [0.25, 0.3) is 5.56 Å². The summed E-state index contributed by atoms with van der Waals surface area (Å²) < 4.78 is 79.4. The van der Waals surface area contributed by atoms with Crippen LogP contribution in [0.2, 0.25) is 0 Å². The Bertz CT molecular complexity index is 1490. The summed E-state index contributed by atoms with van der Waals surface area (Å²) in [5, 5.41) is 0. The predicted octanol–water partition coefficient (Wildman–Crippen LogP) is 3.10. The van der Waals surface area contributed by atoms with Gasteiger partial charge in [-0.1, -0.05) is 12.1 Å². The number of halogens is 3. The zero-order chi connectivity index (χ0) is 27.0. The van der Waals surface area contributed by atoms with Gasteiger partial charge in [0.2, 0.25) is 5.95 Å². The van der Waals surface area contributed by atoms with E-state index < -0.39 is 46.1 Å². The van der Waals surface area contributed by atoms with Crippen molar-refractivity contribution < 1.29 is 26.3 Å². The second-order valence-corrected chi connectivity index (χ2v) is 11.1. The maximum atomic E-state index is 15.5. The van der Waals surface area contributed by atoms with E-state index in [0.29, 0.717) is 16.8 Å². The number of anilines is 1. The number of ether oxygens (including phenoxy) is 1. The lowest BCUT2D eigenvalue weighted by molar-refractivity contribution is -0.00604. The maximum Gasteiger partial charge on any atom is 0.304 e. The number of nitrogens with one attached hydrogen (secondary N) is 1. The highest BCUT2D eigenvalue weighted by Gasteiger charge is 2.41. The van der Waals surface area contributed by atoms with Crippen LogP contribution < -0.4 is 10.3 Å². The summed E-state index contributed by atoms with van der Waals surface area (Å²) in [6, 6.07) is 7.16. The van der Waals surface area contributed by atoms with E-state index in [1.54, 1.807) is 12.1 Å². The van der Waals surface area contributed by atoms with Crippen molar-refractivity contribution in [3.05, 3.63) is 87.6 Å². The number of aromatic nitrogens is 3. The van der Waals surface area contributed by atoms with Crippen molar-refractivity contribution in [1.82, 2.24) is 18.8 Å². The van der Waals surface area contributed by atoms with Crippen LogP contribution in [0.1, 0.15) is 41.6 Å². The molecule has 1 aliphatic carbocycles. The first kappa shape index (κ1) is 26.3. The molecule has 0 bridgehead atoms. The Labute approximate surface area is 217 Å². The van der Waals surface area contributed by atoms with E-state index in [9.17, 15) is 22.0 Å². The molecule has 5 rings (SSSR count). The fourth-order valence-electron chi connectivity index (χ4n) is 5.38. The van der Waals surface area contributed by atoms with Gasteiger partial charge < -0.3 is 9.30 Å². The Hall–Kier alpha value is -3.29. The molecule has 1 aromatic carbocycles. The molecular weight excluding hydrogens is 523 g/mol. The van der Waals surface area contributed by atoms with Crippen LogP contribution in [-0.4, -0.2) is 53.2 Å². The minimum Gasteiger partial charge on any atom is -0.379 e. The Morgan fingerprint density at radius 2 is 1.84 bits per heavy atom. The Balaban J connectivity index is 1.41. The number of methoxy groups -OCH3 is 1. The molecule has 3 aromatic rings. The van der Waals surface area contributed by atoms with E-state index in [4.69, 9.17) is 4.74 Å². The van der Waals surface area contributed by atoms with Gasteiger partial charge in [0.05, 0.1) is 12.1 Å². The first-order valence-corrected chi connectivity index (χ1v) is 13.5. The van der Waals surface area contributed by atoms with Gasteiger partial charge >= 0.3 is 10.2 Å². The molecule has 4 atom stereocenters. The summed E-state index contributed by atoms with van der Waals surface area (Å²) in [7, 11) is -2.50. The van der Waals surface area contributed by atoms with E-state index in [1.165, 1.54) is 40.5 Å². The molecule has 2 aliphatic rings. The molecule has 9 nitrogen and oxygen atoms in total. The third-order valence-corrected chi connectivity index (χ3v) is 8.65. The lowest BCUT2D eigenvalue weighted by Crippen LogP contribution is -2.46. The zero-order valence-corrected chi connectivity index (χ0v) is 21.2. The van der Waals surface area contributed by atoms with Gasteiger partial charge in [-0.05, 0) is 35.7 Å². The summed E-state index contributed by atoms with van der Waals surface area (Å²) in [5.41, 5.74) is 1.21. The smallest absolute Gasteiger partial charge is 0.304 e. The van der Waals surface area contributed by atoms with Gasteiger partial charge in [-0.3, -0.25) is 4.79 Å². The second-order valence-electron chi connectivity index (χ2n) is 9.39. The lowest BCUT2D eigenvalue weighted by atomic mass is 9.78. The number of rotatable bonds is 6. The minimum atomic E-state index is -3.97. The zero-order valence-electron chi connectivity index (χ0n) is 20.4. The lowest BCUT2D eigenvalue weighted by Gasteiger charge is -2.40. The largest absolute Gasteiger partial charge is 0.379 e. The SMILES string of the molecule is COC1C[C@@H](c2ccc(F)c(F)c2)C(F)C[C@H]1n1c2c(ccc1=O)CN(S(=O)(=O)Nc1ncccn1)CC2. The predicted molar refractivity (Wildman–Crippen MR) is 132 cm³/mol. The first-order valence-electron chi connectivity index (χ1n) is 12.1. The molecule has 3 heterocycles. The van der Waals surface area contributed by atoms with Crippen LogP contribution in [0.5, 0.6) is 0 Å². The van der Waals surface area contributed by atoms with Gasteiger partial charge in [-0.15, -0.1) is 0 Å².